The lowest BCUT2D eigenvalue weighted by molar-refractivity contribution is -0.133. The number of amides is 2. The van der Waals surface area contributed by atoms with E-state index in [9.17, 15) is 18.0 Å². The van der Waals surface area contributed by atoms with Crippen molar-refractivity contribution in [1.82, 2.24) is 9.80 Å². The molecule has 2 amide bonds. The molecule has 8 heteroatoms. The van der Waals surface area contributed by atoms with E-state index in [1.807, 2.05) is 6.07 Å². The first-order valence-electron chi connectivity index (χ1n) is 7.33. The Hall–Kier alpha value is -2.09. The van der Waals surface area contributed by atoms with Crippen LogP contribution in [0.1, 0.15) is 5.56 Å². The average molecular weight is 339 g/mol. The summed E-state index contributed by atoms with van der Waals surface area (Å²) >= 11 is 0. The monoisotopic (exact) mass is 339 g/mol. The lowest BCUT2D eigenvalue weighted by atomic mass is 10.2. The van der Waals surface area contributed by atoms with Gasteiger partial charge in [0.05, 0.1) is 11.9 Å². The minimum absolute atomic E-state index is 0.231. The van der Waals surface area contributed by atoms with Gasteiger partial charge in [0, 0.05) is 26.2 Å². The van der Waals surface area contributed by atoms with Gasteiger partial charge in [0.1, 0.15) is 6.54 Å². The van der Waals surface area contributed by atoms with Crippen molar-refractivity contribution in [1.29, 1.82) is 0 Å². The molecule has 0 aromatic heterocycles. The fourth-order valence-corrected chi connectivity index (χ4v) is 3.43. The Kier molecular flexibility index (Phi) is 5.25. The van der Waals surface area contributed by atoms with Crippen LogP contribution < -0.4 is 4.31 Å². The van der Waals surface area contributed by atoms with E-state index in [2.05, 4.69) is 0 Å². The van der Waals surface area contributed by atoms with E-state index >= 15 is 0 Å². The normalized spacial score (nSPS) is 15.4. The van der Waals surface area contributed by atoms with Gasteiger partial charge in [-0.2, -0.15) is 0 Å². The zero-order valence-corrected chi connectivity index (χ0v) is 14.1. The molecule has 126 valence electrons. The minimum atomic E-state index is -3.57. The standard InChI is InChI=1S/C15H21N3O4S/c1-13-5-3-4-6-14(13)18(23(2,21)22)11-15(20)17-9-7-16(12-19)8-10-17/h3-6,12H,7-11H2,1-2H3. The van der Waals surface area contributed by atoms with Gasteiger partial charge < -0.3 is 9.80 Å². The number of anilines is 1. The maximum atomic E-state index is 12.4. The van der Waals surface area contributed by atoms with E-state index < -0.39 is 10.0 Å². The second kappa shape index (κ2) is 6.99. The number of nitrogens with zero attached hydrogens (tertiary/aromatic N) is 3. The smallest absolute Gasteiger partial charge is 0.243 e. The summed E-state index contributed by atoms with van der Waals surface area (Å²) in [6.07, 6.45) is 1.86. The molecule has 23 heavy (non-hydrogen) atoms. The number of piperazine rings is 1. The van der Waals surface area contributed by atoms with Crippen LogP contribution in [-0.2, 0) is 19.6 Å². The van der Waals surface area contributed by atoms with Crippen LogP contribution in [0.5, 0.6) is 0 Å². The molecule has 1 saturated heterocycles. The lowest BCUT2D eigenvalue weighted by Crippen LogP contribution is -2.51. The summed E-state index contributed by atoms with van der Waals surface area (Å²) in [4.78, 5) is 26.3. The zero-order chi connectivity index (χ0) is 17.0. The molecule has 1 aliphatic rings. The first-order chi connectivity index (χ1) is 10.8. The molecule has 1 fully saturated rings. The van der Waals surface area contributed by atoms with Gasteiger partial charge in [-0.05, 0) is 18.6 Å². The molecule has 1 aromatic carbocycles. The van der Waals surface area contributed by atoms with E-state index in [0.717, 1.165) is 22.5 Å². The van der Waals surface area contributed by atoms with Gasteiger partial charge in [-0.15, -0.1) is 0 Å². The SMILES string of the molecule is Cc1ccccc1N(CC(=O)N1CCN(C=O)CC1)S(C)(=O)=O. The number of aryl methyl sites for hydroxylation is 1. The summed E-state index contributed by atoms with van der Waals surface area (Å²) in [6.45, 7) is 3.36. The summed E-state index contributed by atoms with van der Waals surface area (Å²) in [7, 11) is -3.57. The topological polar surface area (TPSA) is 78.0 Å². The fraction of sp³-hybridized carbons (Fsp3) is 0.467. The molecule has 0 bridgehead atoms. The molecule has 1 heterocycles. The summed E-state index contributed by atoms with van der Waals surface area (Å²) in [5.41, 5.74) is 1.30. The van der Waals surface area contributed by atoms with Crippen molar-refractivity contribution in [3.63, 3.8) is 0 Å². The van der Waals surface area contributed by atoms with E-state index in [1.165, 1.54) is 0 Å². The molecule has 0 saturated carbocycles. The molecule has 0 atom stereocenters. The lowest BCUT2D eigenvalue weighted by Gasteiger charge is -2.34. The highest BCUT2D eigenvalue weighted by Gasteiger charge is 2.26. The van der Waals surface area contributed by atoms with Crippen LogP contribution in [0.4, 0.5) is 5.69 Å². The number of sulfonamides is 1. The van der Waals surface area contributed by atoms with Crippen LogP contribution >= 0.6 is 0 Å². The Bertz CT molecular complexity index is 682. The zero-order valence-electron chi connectivity index (χ0n) is 13.3. The molecular weight excluding hydrogens is 318 g/mol. The number of hydrogen-bond donors (Lipinski definition) is 0. The summed E-state index contributed by atoms with van der Waals surface area (Å²) in [5, 5.41) is 0. The van der Waals surface area contributed by atoms with E-state index in [1.54, 1.807) is 34.9 Å². The Balaban J connectivity index is 2.15. The predicted molar refractivity (Wildman–Crippen MR) is 87.6 cm³/mol. The highest BCUT2D eigenvalue weighted by atomic mass is 32.2. The average Bonchev–Trinajstić information content (AvgIpc) is 2.52. The maximum absolute atomic E-state index is 12.4. The van der Waals surface area contributed by atoms with Gasteiger partial charge in [0.2, 0.25) is 22.3 Å². The Morgan fingerprint density at radius 2 is 1.83 bits per heavy atom. The maximum Gasteiger partial charge on any atom is 0.243 e. The van der Waals surface area contributed by atoms with Crippen LogP contribution in [0.3, 0.4) is 0 Å². The molecule has 1 aliphatic heterocycles. The first-order valence-corrected chi connectivity index (χ1v) is 9.18. The number of rotatable bonds is 5. The van der Waals surface area contributed by atoms with Gasteiger partial charge in [0.25, 0.3) is 0 Å². The number of hydrogen-bond acceptors (Lipinski definition) is 4. The summed E-state index contributed by atoms with van der Waals surface area (Å²) < 4.78 is 25.3. The van der Waals surface area contributed by atoms with Gasteiger partial charge in [-0.1, -0.05) is 18.2 Å². The largest absolute Gasteiger partial charge is 0.342 e. The third kappa shape index (κ3) is 4.22. The van der Waals surface area contributed by atoms with Crippen molar-refractivity contribution in [3.05, 3.63) is 29.8 Å². The molecule has 7 nitrogen and oxygen atoms in total. The second-order valence-electron chi connectivity index (χ2n) is 5.58. The van der Waals surface area contributed by atoms with E-state index in [4.69, 9.17) is 0 Å². The first kappa shape index (κ1) is 17.3. The number of benzene rings is 1. The minimum Gasteiger partial charge on any atom is -0.342 e. The third-order valence-corrected chi connectivity index (χ3v) is 5.01. The van der Waals surface area contributed by atoms with Gasteiger partial charge >= 0.3 is 0 Å². The Labute approximate surface area is 136 Å². The van der Waals surface area contributed by atoms with E-state index in [-0.39, 0.29) is 12.5 Å². The molecular formula is C15H21N3O4S. The quantitative estimate of drug-likeness (QED) is 0.711. The molecule has 0 spiro atoms. The highest BCUT2D eigenvalue weighted by Crippen LogP contribution is 2.22. The van der Waals surface area contributed by atoms with Crippen LogP contribution in [0, 0.1) is 6.92 Å². The number of para-hydroxylation sites is 1. The number of carbonyl (C=O) groups excluding carboxylic acids is 2. The molecule has 0 radical (unpaired) electrons. The molecule has 0 unspecified atom stereocenters. The van der Waals surface area contributed by atoms with Crippen molar-refractivity contribution in [2.45, 2.75) is 6.92 Å². The molecule has 0 N–H and O–H groups in total. The second-order valence-corrected chi connectivity index (χ2v) is 7.49. The van der Waals surface area contributed by atoms with Crippen molar-refractivity contribution in [2.24, 2.45) is 0 Å². The summed E-state index contributed by atoms with van der Waals surface area (Å²) in [5.74, 6) is -0.260. The molecule has 2 rings (SSSR count). The Morgan fingerprint density at radius 3 is 2.35 bits per heavy atom. The molecule has 0 aliphatic carbocycles. The highest BCUT2D eigenvalue weighted by molar-refractivity contribution is 7.92. The van der Waals surface area contributed by atoms with Crippen LogP contribution in [-0.4, -0.2) is 69.5 Å². The number of carbonyl (C=O) groups is 2. The van der Waals surface area contributed by atoms with Gasteiger partial charge in [0.15, 0.2) is 0 Å². The van der Waals surface area contributed by atoms with Crippen LogP contribution in [0.15, 0.2) is 24.3 Å². The van der Waals surface area contributed by atoms with Crippen molar-refractivity contribution in [2.75, 3.05) is 43.3 Å². The van der Waals surface area contributed by atoms with Crippen molar-refractivity contribution in [3.8, 4) is 0 Å². The van der Waals surface area contributed by atoms with Gasteiger partial charge in [-0.3, -0.25) is 13.9 Å². The van der Waals surface area contributed by atoms with Crippen LogP contribution in [0.25, 0.3) is 0 Å². The predicted octanol–water partition coefficient (Wildman–Crippen LogP) is 0.0616. The fourth-order valence-electron chi connectivity index (χ4n) is 2.52. The third-order valence-electron chi connectivity index (χ3n) is 3.88. The Morgan fingerprint density at radius 1 is 1.22 bits per heavy atom. The van der Waals surface area contributed by atoms with Crippen molar-refractivity contribution < 1.29 is 18.0 Å². The summed E-state index contributed by atoms with van der Waals surface area (Å²) in [6, 6.07) is 7.06. The van der Waals surface area contributed by atoms with Gasteiger partial charge in [-0.25, -0.2) is 8.42 Å². The van der Waals surface area contributed by atoms with E-state index in [0.29, 0.717) is 31.9 Å². The van der Waals surface area contributed by atoms with Crippen molar-refractivity contribution >= 4 is 28.0 Å². The van der Waals surface area contributed by atoms with Crippen LogP contribution in [0.2, 0.25) is 0 Å². The molecule has 1 aromatic rings.